The second-order valence-electron chi connectivity index (χ2n) is 12.5. The highest BCUT2D eigenvalue weighted by Crippen LogP contribution is 2.24. The normalized spacial score (nSPS) is 12.0. The monoisotopic (exact) mass is 688 g/mol. The number of pyridine rings is 2. The minimum atomic E-state index is -0.183. The van der Waals surface area contributed by atoms with Crippen molar-refractivity contribution in [2.45, 2.75) is 71.1 Å². The molecule has 2 atom stereocenters. The second kappa shape index (κ2) is 18.7. The molecule has 10 heteroatoms. The molecule has 51 heavy (non-hydrogen) atoms. The molecule has 0 spiro atoms. The Bertz CT molecular complexity index is 1860. The molecule has 5 rings (SSSR count). The number of ether oxygens (including phenoxy) is 3. The van der Waals surface area contributed by atoms with Gasteiger partial charge in [-0.2, -0.15) is 0 Å². The molecule has 2 aromatic heterocycles. The number of aromatic amines is 1. The lowest BCUT2D eigenvalue weighted by atomic mass is 10.1. The van der Waals surface area contributed by atoms with Crippen LogP contribution in [-0.4, -0.2) is 33.9 Å². The van der Waals surface area contributed by atoms with Gasteiger partial charge in [0.05, 0.1) is 6.20 Å². The van der Waals surface area contributed by atoms with E-state index in [1.807, 2.05) is 98.8 Å². The predicted molar refractivity (Wildman–Crippen MR) is 196 cm³/mol. The zero-order chi connectivity index (χ0) is 35.8. The Balaban J connectivity index is 0.931. The van der Waals surface area contributed by atoms with Crippen LogP contribution in [0.25, 0.3) is 0 Å². The molecule has 3 aromatic carbocycles. The Morgan fingerprint density at radius 3 is 1.69 bits per heavy atom. The summed E-state index contributed by atoms with van der Waals surface area (Å²) in [6.45, 7) is 4.39. The maximum absolute atomic E-state index is 12.5. The van der Waals surface area contributed by atoms with Crippen molar-refractivity contribution in [3.63, 3.8) is 0 Å². The number of hydrogen-bond donors (Lipinski definition) is 3. The molecule has 2 heterocycles. The quantitative estimate of drug-likeness (QED) is 0.0881. The van der Waals surface area contributed by atoms with Crippen molar-refractivity contribution in [3.8, 4) is 28.9 Å². The van der Waals surface area contributed by atoms with Gasteiger partial charge in [-0.15, -0.1) is 0 Å². The highest BCUT2D eigenvalue weighted by molar-refractivity contribution is 5.83. The predicted octanol–water partition coefficient (Wildman–Crippen LogP) is 7.29. The fourth-order valence-corrected chi connectivity index (χ4v) is 5.26. The number of carbonyl (C=O) groups excluding carboxylic acids is 2. The zero-order valence-electron chi connectivity index (χ0n) is 29.0. The summed E-state index contributed by atoms with van der Waals surface area (Å²) < 4.78 is 17.4. The Kier molecular flexibility index (Phi) is 13.4. The summed E-state index contributed by atoms with van der Waals surface area (Å²) in [4.78, 5) is 43.1. The minimum absolute atomic E-state index is 0.0300. The summed E-state index contributed by atoms with van der Waals surface area (Å²) in [7, 11) is 0. The molecule has 0 saturated carbocycles. The van der Waals surface area contributed by atoms with Crippen molar-refractivity contribution in [1.29, 1.82) is 0 Å². The van der Waals surface area contributed by atoms with Gasteiger partial charge < -0.3 is 29.8 Å². The van der Waals surface area contributed by atoms with E-state index >= 15 is 0 Å². The number of nitrogens with zero attached hydrogens (tertiary/aromatic N) is 1. The molecule has 3 N–H and O–H groups in total. The van der Waals surface area contributed by atoms with Crippen molar-refractivity contribution in [2.24, 2.45) is 0 Å². The molecule has 2 amide bonds. The first-order valence-electron chi connectivity index (χ1n) is 17.2. The van der Waals surface area contributed by atoms with Gasteiger partial charge in [0.15, 0.2) is 0 Å². The summed E-state index contributed by atoms with van der Waals surface area (Å²) in [6.07, 6.45) is 6.54. The summed E-state index contributed by atoms with van der Waals surface area (Å²) in [5, 5.41) is 6.00. The molecule has 0 bridgehead atoms. The van der Waals surface area contributed by atoms with Crippen LogP contribution in [0.5, 0.6) is 28.9 Å². The SMILES string of the molecule is CC(CCc1ccc(Oc2ccc(OCc3ccccc3)nc2)cc1)NC(=O)CCC(=O)NC(C)CCc1ccc(Oc2ccc(=O)[nH]c2)cc1. The second-order valence-corrected chi connectivity index (χ2v) is 12.5. The van der Waals surface area contributed by atoms with Crippen molar-refractivity contribution in [3.05, 3.63) is 143 Å². The van der Waals surface area contributed by atoms with E-state index in [1.54, 1.807) is 18.3 Å². The lowest BCUT2D eigenvalue weighted by molar-refractivity contribution is -0.127. The fourth-order valence-electron chi connectivity index (χ4n) is 5.26. The van der Waals surface area contributed by atoms with Crippen LogP contribution in [-0.2, 0) is 29.0 Å². The van der Waals surface area contributed by atoms with Gasteiger partial charge in [0.1, 0.15) is 29.6 Å². The van der Waals surface area contributed by atoms with Crippen LogP contribution < -0.4 is 30.4 Å². The summed E-state index contributed by atoms with van der Waals surface area (Å²) in [5.74, 6) is 2.80. The average Bonchev–Trinajstić information content (AvgIpc) is 3.14. The number of amides is 2. The van der Waals surface area contributed by atoms with E-state index in [0.717, 1.165) is 42.4 Å². The number of benzene rings is 3. The maximum atomic E-state index is 12.5. The van der Waals surface area contributed by atoms with E-state index < -0.39 is 0 Å². The standard InChI is InChI=1S/C41H44N4O6/c1-29(8-10-31-12-16-34(17-13-31)50-36-20-22-38(46)42-26-36)44-39(47)23-24-40(48)45-30(2)9-11-32-14-18-35(19-15-32)51-37-21-25-41(43-27-37)49-28-33-6-4-3-5-7-33/h3-7,12-22,25-27,29-30H,8-11,23-24,28H2,1-2H3,(H,42,46)(H,44,47)(H,45,48). The molecule has 10 nitrogen and oxygen atoms in total. The smallest absolute Gasteiger partial charge is 0.248 e. The summed E-state index contributed by atoms with van der Waals surface area (Å²) in [6, 6.07) is 32.1. The lowest BCUT2D eigenvalue weighted by Crippen LogP contribution is -2.36. The van der Waals surface area contributed by atoms with E-state index in [0.29, 0.717) is 35.5 Å². The molecular weight excluding hydrogens is 644 g/mol. The van der Waals surface area contributed by atoms with Gasteiger partial charge in [-0.05, 0) is 92.6 Å². The molecule has 264 valence electrons. The molecule has 0 aliphatic rings. The van der Waals surface area contributed by atoms with Gasteiger partial charge in [0.25, 0.3) is 0 Å². The van der Waals surface area contributed by atoms with Gasteiger partial charge in [0.2, 0.25) is 23.3 Å². The number of hydrogen-bond acceptors (Lipinski definition) is 7. The fraction of sp³-hybridized carbons (Fsp3) is 0.268. The first-order chi connectivity index (χ1) is 24.8. The Morgan fingerprint density at radius 1 is 0.647 bits per heavy atom. The number of nitrogens with one attached hydrogen (secondary N) is 3. The van der Waals surface area contributed by atoms with Crippen LogP contribution >= 0.6 is 0 Å². The Hall–Kier alpha value is -5.90. The number of rotatable bonds is 18. The lowest BCUT2D eigenvalue weighted by Gasteiger charge is -2.16. The van der Waals surface area contributed by atoms with Crippen LogP contribution in [0, 0.1) is 0 Å². The van der Waals surface area contributed by atoms with Crippen LogP contribution in [0.15, 0.2) is 120 Å². The number of H-pyrrole nitrogens is 1. The molecule has 0 fully saturated rings. The van der Waals surface area contributed by atoms with Gasteiger partial charge in [-0.1, -0.05) is 54.6 Å². The van der Waals surface area contributed by atoms with Crippen molar-refractivity contribution >= 4 is 11.8 Å². The molecule has 0 aliphatic carbocycles. The van der Waals surface area contributed by atoms with Crippen molar-refractivity contribution in [1.82, 2.24) is 20.6 Å². The van der Waals surface area contributed by atoms with Crippen molar-refractivity contribution < 1.29 is 23.8 Å². The van der Waals surface area contributed by atoms with E-state index in [1.165, 1.54) is 12.3 Å². The topological polar surface area (TPSA) is 132 Å². The van der Waals surface area contributed by atoms with Gasteiger partial charge in [-0.3, -0.25) is 14.4 Å². The number of aryl methyl sites for hydroxylation is 2. The highest BCUT2D eigenvalue weighted by Gasteiger charge is 2.13. The molecular formula is C41H44N4O6. The third-order valence-electron chi connectivity index (χ3n) is 8.14. The first kappa shape index (κ1) is 36.4. The third-order valence-corrected chi connectivity index (χ3v) is 8.14. The average molecular weight is 689 g/mol. The molecule has 0 saturated heterocycles. The zero-order valence-corrected chi connectivity index (χ0v) is 29.0. The third kappa shape index (κ3) is 12.8. The minimum Gasteiger partial charge on any atom is -0.473 e. The van der Waals surface area contributed by atoms with Crippen LogP contribution in [0.3, 0.4) is 0 Å². The number of aromatic nitrogens is 2. The highest BCUT2D eigenvalue weighted by atomic mass is 16.5. The Labute approximate surface area is 298 Å². The first-order valence-corrected chi connectivity index (χ1v) is 17.2. The van der Waals surface area contributed by atoms with E-state index in [-0.39, 0.29) is 42.3 Å². The maximum Gasteiger partial charge on any atom is 0.248 e. The van der Waals surface area contributed by atoms with E-state index in [4.69, 9.17) is 14.2 Å². The largest absolute Gasteiger partial charge is 0.473 e. The van der Waals surface area contributed by atoms with Crippen molar-refractivity contribution in [2.75, 3.05) is 0 Å². The van der Waals surface area contributed by atoms with Gasteiger partial charge in [0, 0.05) is 43.3 Å². The van der Waals surface area contributed by atoms with Crippen LogP contribution in [0.1, 0.15) is 56.2 Å². The molecule has 5 aromatic rings. The number of carbonyl (C=O) groups is 2. The van der Waals surface area contributed by atoms with Crippen LogP contribution in [0.2, 0.25) is 0 Å². The van der Waals surface area contributed by atoms with E-state index in [9.17, 15) is 14.4 Å². The summed E-state index contributed by atoms with van der Waals surface area (Å²) >= 11 is 0. The molecule has 0 aliphatic heterocycles. The van der Waals surface area contributed by atoms with Gasteiger partial charge in [-0.25, -0.2) is 4.98 Å². The molecule has 2 unspecified atom stereocenters. The van der Waals surface area contributed by atoms with Gasteiger partial charge >= 0.3 is 0 Å². The molecule has 0 radical (unpaired) electrons. The Morgan fingerprint density at radius 2 is 1.18 bits per heavy atom. The van der Waals surface area contributed by atoms with Crippen LogP contribution in [0.4, 0.5) is 0 Å². The van der Waals surface area contributed by atoms with E-state index in [2.05, 4.69) is 20.6 Å². The summed E-state index contributed by atoms with van der Waals surface area (Å²) in [5.41, 5.74) is 3.15.